The lowest BCUT2D eigenvalue weighted by molar-refractivity contribution is 0.0833. The van der Waals surface area contributed by atoms with Crippen LogP contribution in [0.4, 0.5) is 10.7 Å². The number of nitrogen functional groups attached to an aromatic ring is 1. The van der Waals surface area contributed by atoms with E-state index in [0.717, 1.165) is 5.00 Å². The molecule has 1 amide bonds. The van der Waals surface area contributed by atoms with Gasteiger partial charge in [-0.05, 0) is 18.9 Å². The zero-order chi connectivity index (χ0) is 14.5. The van der Waals surface area contributed by atoms with Crippen LogP contribution < -0.4 is 11.1 Å². The van der Waals surface area contributed by atoms with Crippen LogP contribution in [0.5, 0.6) is 0 Å². The molecule has 1 aromatic rings. The summed E-state index contributed by atoms with van der Waals surface area (Å²) in [5, 5.41) is 4.60. The molecular weight excluding hydrogens is 270 g/mol. The van der Waals surface area contributed by atoms with Crippen molar-refractivity contribution in [1.29, 1.82) is 0 Å². The minimum absolute atomic E-state index is 0.0155. The number of nitrogens with zero attached hydrogens (tertiary/aromatic N) is 1. The molecule has 1 aliphatic rings. The first kappa shape index (κ1) is 15.2. The summed E-state index contributed by atoms with van der Waals surface area (Å²) in [6.07, 6.45) is 9.08. The van der Waals surface area contributed by atoms with Crippen LogP contribution >= 0.6 is 11.3 Å². The van der Waals surface area contributed by atoms with Gasteiger partial charge in [-0.1, -0.05) is 32.1 Å². The van der Waals surface area contributed by atoms with E-state index in [9.17, 15) is 4.79 Å². The first-order valence-electron chi connectivity index (χ1n) is 7.45. The van der Waals surface area contributed by atoms with Gasteiger partial charge in [-0.25, -0.2) is 0 Å². The first-order chi connectivity index (χ1) is 9.58. The lowest BCUT2D eigenvalue weighted by Crippen LogP contribution is -2.21. The van der Waals surface area contributed by atoms with Gasteiger partial charge in [0.05, 0.1) is 10.7 Å². The van der Waals surface area contributed by atoms with Gasteiger partial charge in [0.1, 0.15) is 4.88 Å². The summed E-state index contributed by atoms with van der Waals surface area (Å²) < 4.78 is 0. The number of hydrogen-bond acceptors (Lipinski definition) is 4. The molecule has 0 aliphatic heterocycles. The fraction of sp³-hybridized carbons (Fsp3) is 0.667. The number of anilines is 2. The van der Waals surface area contributed by atoms with E-state index in [1.165, 1.54) is 56.3 Å². The maximum atomic E-state index is 12.0. The Kier molecular flexibility index (Phi) is 5.29. The van der Waals surface area contributed by atoms with E-state index < -0.39 is 0 Å². The summed E-state index contributed by atoms with van der Waals surface area (Å²) in [5.41, 5.74) is 6.55. The van der Waals surface area contributed by atoms with Crippen LogP contribution in [0.25, 0.3) is 0 Å². The average molecular weight is 295 g/mol. The van der Waals surface area contributed by atoms with Gasteiger partial charge in [0, 0.05) is 20.1 Å². The molecule has 4 nitrogen and oxygen atoms in total. The van der Waals surface area contributed by atoms with Crippen molar-refractivity contribution < 1.29 is 4.79 Å². The molecular formula is C15H25N3OS. The SMILES string of the molecule is CN(C)C(=O)c1sc(NC2CCCCCCC2)cc1N. The molecule has 0 atom stereocenters. The summed E-state index contributed by atoms with van der Waals surface area (Å²) in [5.74, 6) is -0.0155. The number of carbonyl (C=O) groups excluding carboxylic acids is 1. The maximum absolute atomic E-state index is 12.0. The Morgan fingerprint density at radius 3 is 2.45 bits per heavy atom. The largest absolute Gasteiger partial charge is 0.397 e. The van der Waals surface area contributed by atoms with E-state index in [2.05, 4.69) is 5.32 Å². The quantitative estimate of drug-likeness (QED) is 0.896. The molecule has 0 aromatic carbocycles. The minimum Gasteiger partial charge on any atom is -0.397 e. The number of carbonyl (C=O) groups is 1. The molecule has 0 spiro atoms. The topological polar surface area (TPSA) is 58.4 Å². The van der Waals surface area contributed by atoms with E-state index in [0.29, 0.717) is 16.6 Å². The zero-order valence-corrected chi connectivity index (χ0v) is 13.3. The van der Waals surface area contributed by atoms with Crippen LogP contribution in [-0.4, -0.2) is 30.9 Å². The van der Waals surface area contributed by atoms with E-state index in [1.807, 2.05) is 6.07 Å². The van der Waals surface area contributed by atoms with Gasteiger partial charge in [-0.3, -0.25) is 4.79 Å². The summed E-state index contributed by atoms with van der Waals surface area (Å²) in [6.45, 7) is 0. The minimum atomic E-state index is -0.0155. The predicted octanol–water partition coefficient (Wildman–Crippen LogP) is 3.56. The molecule has 20 heavy (non-hydrogen) atoms. The number of hydrogen-bond donors (Lipinski definition) is 2. The van der Waals surface area contributed by atoms with Crippen LogP contribution in [0.2, 0.25) is 0 Å². The van der Waals surface area contributed by atoms with Gasteiger partial charge in [0.25, 0.3) is 5.91 Å². The van der Waals surface area contributed by atoms with Crippen LogP contribution in [-0.2, 0) is 0 Å². The Labute approximate surface area is 125 Å². The van der Waals surface area contributed by atoms with Crippen LogP contribution in [0.1, 0.15) is 54.6 Å². The molecule has 0 bridgehead atoms. The molecule has 2 rings (SSSR count). The van der Waals surface area contributed by atoms with Crippen molar-refractivity contribution in [1.82, 2.24) is 4.90 Å². The lowest BCUT2D eigenvalue weighted by atomic mass is 9.97. The first-order valence-corrected chi connectivity index (χ1v) is 8.27. The number of rotatable bonds is 3. The monoisotopic (exact) mass is 295 g/mol. The highest BCUT2D eigenvalue weighted by atomic mass is 32.1. The number of amides is 1. The molecule has 1 aliphatic carbocycles. The third kappa shape index (κ3) is 3.88. The van der Waals surface area contributed by atoms with Crippen molar-refractivity contribution >= 4 is 27.9 Å². The van der Waals surface area contributed by atoms with E-state index in [-0.39, 0.29) is 5.91 Å². The molecule has 112 valence electrons. The molecule has 0 saturated heterocycles. The zero-order valence-electron chi connectivity index (χ0n) is 12.4. The third-order valence-corrected chi connectivity index (χ3v) is 4.88. The summed E-state index contributed by atoms with van der Waals surface area (Å²) in [6, 6.07) is 2.43. The molecule has 1 heterocycles. The summed E-state index contributed by atoms with van der Waals surface area (Å²) >= 11 is 1.47. The van der Waals surface area contributed by atoms with Crippen molar-refractivity contribution in [3.8, 4) is 0 Å². The van der Waals surface area contributed by atoms with Crippen molar-refractivity contribution in [3.63, 3.8) is 0 Å². The molecule has 1 aromatic heterocycles. The van der Waals surface area contributed by atoms with Gasteiger partial charge >= 0.3 is 0 Å². The second kappa shape index (κ2) is 6.97. The van der Waals surface area contributed by atoms with Gasteiger partial charge in [-0.2, -0.15) is 0 Å². The Morgan fingerprint density at radius 2 is 1.85 bits per heavy atom. The highest BCUT2D eigenvalue weighted by Gasteiger charge is 2.18. The predicted molar refractivity (Wildman–Crippen MR) is 86.5 cm³/mol. The molecule has 0 unspecified atom stereocenters. The maximum Gasteiger partial charge on any atom is 0.265 e. The molecule has 0 radical (unpaired) electrons. The summed E-state index contributed by atoms with van der Waals surface area (Å²) in [7, 11) is 3.51. The second-order valence-electron chi connectivity index (χ2n) is 5.78. The van der Waals surface area contributed by atoms with Gasteiger partial charge in [0.15, 0.2) is 0 Å². The van der Waals surface area contributed by atoms with Crippen LogP contribution in [0, 0.1) is 0 Å². The van der Waals surface area contributed by atoms with Crippen LogP contribution in [0.15, 0.2) is 6.07 Å². The Hall–Kier alpha value is -1.23. The van der Waals surface area contributed by atoms with Crippen molar-refractivity contribution in [3.05, 3.63) is 10.9 Å². The molecule has 3 N–H and O–H groups in total. The van der Waals surface area contributed by atoms with E-state index >= 15 is 0 Å². The highest BCUT2D eigenvalue weighted by Crippen LogP contribution is 2.32. The fourth-order valence-corrected chi connectivity index (χ4v) is 3.73. The van der Waals surface area contributed by atoms with Crippen molar-refractivity contribution in [2.24, 2.45) is 0 Å². The van der Waals surface area contributed by atoms with E-state index in [4.69, 9.17) is 5.73 Å². The van der Waals surface area contributed by atoms with Crippen LogP contribution in [0.3, 0.4) is 0 Å². The number of thiophene rings is 1. The summed E-state index contributed by atoms with van der Waals surface area (Å²) in [4.78, 5) is 14.2. The highest BCUT2D eigenvalue weighted by molar-refractivity contribution is 7.18. The van der Waals surface area contributed by atoms with E-state index in [1.54, 1.807) is 19.0 Å². The lowest BCUT2D eigenvalue weighted by Gasteiger charge is -2.21. The van der Waals surface area contributed by atoms with Gasteiger partial charge < -0.3 is 16.0 Å². The van der Waals surface area contributed by atoms with Crippen molar-refractivity contribution in [2.45, 2.75) is 51.0 Å². The molecule has 5 heteroatoms. The Balaban J connectivity index is 2.02. The smallest absolute Gasteiger partial charge is 0.265 e. The number of nitrogens with two attached hydrogens (primary N) is 1. The molecule has 1 saturated carbocycles. The van der Waals surface area contributed by atoms with Gasteiger partial charge in [0.2, 0.25) is 0 Å². The van der Waals surface area contributed by atoms with Gasteiger partial charge in [-0.15, -0.1) is 11.3 Å². The normalized spacial score (nSPS) is 17.3. The second-order valence-corrected chi connectivity index (χ2v) is 6.83. The number of nitrogens with one attached hydrogen (secondary N) is 1. The molecule has 1 fully saturated rings. The third-order valence-electron chi connectivity index (χ3n) is 3.81. The van der Waals surface area contributed by atoms with Crippen molar-refractivity contribution in [2.75, 3.05) is 25.1 Å². The Bertz CT molecular complexity index is 448. The standard InChI is InChI=1S/C15H25N3OS/c1-18(2)15(19)14-12(16)10-13(20-14)17-11-8-6-4-3-5-7-9-11/h10-11,17H,3-9,16H2,1-2H3. The average Bonchev–Trinajstić information content (AvgIpc) is 2.72. The fourth-order valence-electron chi connectivity index (χ4n) is 2.65. The Morgan fingerprint density at radius 1 is 1.25 bits per heavy atom.